The van der Waals surface area contributed by atoms with Crippen LogP contribution in [-0.4, -0.2) is 24.6 Å². The lowest BCUT2D eigenvalue weighted by Gasteiger charge is -2.16. The van der Waals surface area contributed by atoms with Crippen molar-refractivity contribution in [3.63, 3.8) is 0 Å². The van der Waals surface area contributed by atoms with E-state index in [-0.39, 0.29) is 11.9 Å². The number of carbonyl (C=O) groups is 1. The number of hydrogen-bond donors (Lipinski definition) is 0. The normalized spacial score (nSPS) is 9.80. The summed E-state index contributed by atoms with van der Waals surface area (Å²) in [4.78, 5) is 12.7. The maximum Gasteiger partial charge on any atom is 0.409 e. The Morgan fingerprint density at radius 1 is 1.40 bits per heavy atom. The Hall–Kier alpha value is -1.58. The lowest BCUT2D eigenvalue weighted by Crippen LogP contribution is -2.26. The van der Waals surface area contributed by atoms with Crippen LogP contribution in [-0.2, 0) is 11.3 Å². The number of hydrogen-bond acceptors (Lipinski definition) is 2. The fourth-order valence-corrected chi connectivity index (χ4v) is 1.16. The van der Waals surface area contributed by atoms with Gasteiger partial charge < -0.3 is 9.64 Å². The molecular weight excluding hydrogens is 197 g/mol. The lowest BCUT2D eigenvalue weighted by molar-refractivity contribution is 0.114. The summed E-state index contributed by atoms with van der Waals surface area (Å²) in [6, 6.07) is 6.03. The first-order valence-corrected chi connectivity index (χ1v) is 4.75. The number of amides is 1. The van der Waals surface area contributed by atoms with Gasteiger partial charge in [0.05, 0.1) is 6.61 Å². The van der Waals surface area contributed by atoms with E-state index in [1.165, 1.54) is 17.0 Å². The van der Waals surface area contributed by atoms with Gasteiger partial charge in [0, 0.05) is 13.6 Å². The quantitative estimate of drug-likeness (QED) is 0.768. The Labute approximate surface area is 88.5 Å². The third-order valence-corrected chi connectivity index (χ3v) is 1.91. The molecule has 1 aromatic carbocycles. The molecule has 1 amide bonds. The molecule has 0 atom stereocenters. The summed E-state index contributed by atoms with van der Waals surface area (Å²) in [5.41, 5.74) is 0.868. The fourth-order valence-electron chi connectivity index (χ4n) is 1.16. The number of benzene rings is 1. The first kappa shape index (κ1) is 11.5. The third-order valence-electron chi connectivity index (χ3n) is 1.91. The molecule has 1 aromatic rings. The van der Waals surface area contributed by atoms with E-state index >= 15 is 0 Å². The molecule has 0 saturated heterocycles. The van der Waals surface area contributed by atoms with Gasteiger partial charge in [-0.3, -0.25) is 0 Å². The van der Waals surface area contributed by atoms with Crippen LogP contribution in [0, 0.1) is 5.82 Å². The number of rotatable bonds is 3. The Kier molecular flexibility index (Phi) is 4.09. The van der Waals surface area contributed by atoms with Crippen molar-refractivity contribution in [2.24, 2.45) is 0 Å². The monoisotopic (exact) mass is 211 g/mol. The Morgan fingerprint density at radius 3 is 2.53 bits per heavy atom. The van der Waals surface area contributed by atoms with Crippen LogP contribution in [0.25, 0.3) is 0 Å². The molecule has 0 bridgehead atoms. The van der Waals surface area contributed by atoms with Crippen molar-refractivity contribution >= 4 is 6.09 Å². The van der Waals surface area contributed by atoms with E-state index in [1.54, 1.807) is 26.1 Å². The molecule has 0 aromatic heterocycles. The first-order chi connectivity index (χ1) is 7.13. The standard InChI is InChI=1S/C11H14FNO2/c1-3-15-11(14)13(2)8-9-4-6-10(12)7-5-9/h4-7H,3,8H2,1-2H3. The second-order valence-corrected chi connectivity index (χ2v) is 3.18. The predicted octanol–water partition coefficient (Wildman–Crippen LogP) is 2.41. The summed E-state index contributed by atoms with van der Waals surface area (Å²) in [6.07, 6.45) is -0.373. The van der Waals surface area contributed by atoms with E-state index < -0.39 is 0 Å². The minimum absolute atomic E-state index is 0.280. The number of ether oxygens (including phenoxy) is 1. The second-order valence-electron chi connectivity index (χ2n) is 3.18. The van der Waals surface area contributed by atoms with Crippen LogP contribution in [0.5, 0.6) is 0 Å². The summed E-state index contributed by atoms with van der Waals surface area (Å²) in [6.45, 7) is 2.52. The summed E-state index contributed by atoms with van der Waals surface area (Å²) in [5, 5.41) is 0. The molecule has 3 nitrogen and oxygen atoms in total. The highest BCUT2D eigenvalue weighted by Crippen LogP contribution is 2.06. The molecule has 0 spiro atoms. The topological polar surface area (TPSA) is 29.5 Å². The van der Waals surface area contributed by atoms with E-state index in [1.807, 2.05) is 0 Å². The van der Waals surface area contributed by atoms with Crippen LogP contribution < -0.4 is 0 Å². The molecule has 0 aliphatic rings. The smallest absolute Gasteiger partial charge is 0.409 e. The minimum Gasteiger partial charge on any atom is -0.450 e. The van der Waals surface area contributed by atoms with Gasteiger partial charge >= 0.3 is 6.09 Å². The molecule has 0 heterocycles. The predicted molar refractivity (Wildman–Crippen MR) is 54.9 cm³/mol. The molecule has 4 heteroatoms. The zero-order chi connectivity index (χ0) is 11.3. The van der Waals surface area contributed by atoms with Gasteiger partial charge in [-0.1, -0.05) is 12.1 Å². The minimum atomic E-state index is -0.373. The zero-order valence-electron chi connectivity index (χ0n) is 8.87. The molecule has 0 aliphatic carbocycles. The summed E-state index contributed by atoms with van der Waals surface area (Å²) >= 11 is 0. The van der Waals surface area contributed by atoms with Gasteiger partial charge in [-0.25, -0.2) is 9.18 Å². The zero-order valence-corrected chi connectivity index (χ0v) is 8.87. The van der Waals surface area contributed by atoms with Gasteiger partial charge in [-0.2, -0.15) is 0 Å². The molecule has 82 valence electrons. The highest BCUT2D eigenvalue weighted by Gasteiger charge is 2.09. The van der Waals surface area contributed by atoms with Crippen molar-refractivity contribution in [3.8, 4) is 0 Å². The Balaban J connectivity index is 2.54. The van der Waals surface area contributed by atoms with Crippen molar-refractivity contribution in [1.29, 1.82) is 0 Å². The molecule has 0 fully saturated rings. The molecule has 0 saturated carbocycles. The lowest BCUT2D eigenvalue weighted by atomic mass is 10.2. The van der Waals surface area contributed by atoms with Crippen molar-refractivity contribution in [2.45, 2.75) is 13.5 Å². The maximum absolute atomic E-state index is 12.6. The van der Waals surface area contributed by atoms with Crippen LogP contribution >= 0.6 is 0 Å². The molecular formula is C11H14FNO2. The number of nitrogens with zero attached hydrogens (tertiary/aromatic N) is 1. The molecule has 0 N–H and O–H groups in total. The van der Waals surface area contributed by atoms with Gasteiger partial charge in [0.25, 0.3) is 0 Å². The van der Waals surface area contributed by atoms with Crippen LogP contribution in [0.1, 0.15) is 12.5 Å². The van der Waals surface area contributed by atoms with Crippen LogP contribution in [0.3, 0.4) is 0 Å². The van der Waals surface area contributed by atoms with Crippen molar-refractivity contribution in [1.82, 2.24) is 4.90 Å². The fraction of sp³-hybridized carbons (Fsp3) is 0.364. The van der Waals surface area contributed by atoms with Gasteiger partial charge in [-0.05, 0) is 24.6 Å². The summed E-state index contributed by atoms with van der Waals surface area (Å²) < 4.78 is 17.4. The van der Waals surface area contributed by atoms with Crippen LogP contribution in [0.4, 0.5) is 9.18 Å². The van der Waals surface area contributed by atoms with Gasteiger partial charge in [0.2, 0.25) is 0 Å². The highest BCUT2D eigenvalue weighted by molar-refractivity contribution is 5.67. The van der Waals surface area contributed by atoms with E-state index in [2.05, 4.69) is 0 Å². The second kappa shape index (κ2) is 5.34. The van der Waals surface area contributed by atoms with Crippen molar-refractivity contribution < 1.29 is 13.9 Å². The van der Waals surface area contributed by atoms with E-state index in [4.69, 9.17) is 4.74 Å². The molecule has 1 rings (SSSR count). The average molecular weight is 211 g/mol. The van der Waals surface area contributed by atoms with Gasteiger partial charge in [-0.15, -0.1) is 0 Å². The summed E-state index contributed by atoms with van der Waals surface area (Å²) in [7, 11) is 1.64. The highest BCUT2D eigenvalue weighted by atomic mass is 19.1. The van der Waals surface area contributed by atoms with Crippen LogP contribution in [0.15, 0.2) is 24.3 Å². The number of halogens is 1. The SMILES string of the molecule is CCOC(=O)N(C)Cc1ccc(F)cc1. The Morgan fingerprint density at radius 2 is 2.00 bits per heavy atom. The Bertz CT molecular complexity index is 324. The van der Waals surface area contributed by atoms with Gasteiger partial charge in [0.1, 0.15) is 5.82 Å². The molecule has 0 aliphatic heterocycles. The molecule has 0 unspecified atom stereocenters. The van der Waals surface area contributed by atoms with E-state index in [9.17, 15) is 9.18 Å². The van der Waals surface area contributed by atoms with E-state index in [0.717, 1.165) is 5.56 Å². The first-order valence-electron chi connectivity index (χ1n) is 4.75. The summed E-state index contributed by atoms with van der Waals surface area (Å²) in [5.74, 6) is -0.280. The average Bonchev–Trinajstić information content (AvgIpc) is 2.22. The largest absolute Gasteiger partial charge is 0.450 e. The van der Waals surface area contributed by atoms with Crippen molar-refractivity contribution in [2.75, 3.05) is 13.7 Å². The van der Waals surface area contributed by atoms with Crippen LogP contribution in [0.2, 0.25) is 0 Å². The maximum atomic E-state index is 12.6. The van der Waals surface area contributed by atoms with Crippen molar-refractivity contribution in [3.05, 3.63) is 35.6 Å². The number of carbonyl (C=O) groups excluding carboxylic acids is 1. The molecule has 15 heavy (non-hydrogen) atoms. The van der Waals surface area contributed by atoms with E-state index in [0.29, 0.717) is 13.2 Å². The van der Waals surface area contributed by atoms with Gasteiger partial charge in [0.15, 0.2) is 0 Å². The third kappa shape index (κ3) is 3.58. The molecule has 0 radical (unpaired) electrons.